The van der Waals surface area contributed by atoms with Crippen LogP contribution in [0, 0.1) is 5.82 Å². The molecule has 1 aliphatic rings. The van der Waals surface area contributed by atoms with E-state index in [2.05, 4.69) is 14.9 Å². The maximum absolute atomic E-state index is 14.9. The zero-order valence-electron chi connectivity index (χ0n) is 18.1. The van der Waals surface area contributed by atoms with Crippen LogP contribution >= 0.6 is 0 Å². The highest BCUT2D eigenvalue weighted by molar-refractivity contribution is 5.94. The fourth-order valence-corrected chi connectivity index (χ4v) is 4.20. The largest absolute Gasteiger partial charge is 0.382 e. The van der Waals surface area contributed by atoms with Crippen molar-refractivity contribution < 1.29 is 14.2 Å². The van der Waals surface area contributed by atoms with Crippen LogP contribution in [0.2, 0.25) is 0 Å². The highest BCUT2D eigenvalue weighted by atomic mass is 19.1. The van der Waals surface area contributed by atoms with E-state index in [0.717, 1.165) is 18.8 Å². The van der Waals surface area contributed by atoms with Crippen LogP contribution in [0.3, 0.4) is 0 Å². The Bertz CT molecular complexity index is 1380. The standard InChI is InChI=1S/C25H23FN4O3/c1-29-22(3-2-4-23(29)31)25(32)16-5-8-20(26)19(13-16)24-18-7-6-17(14-21(18)27-15-28-24)30-9-11-33-12-10-30/h2-8,13-15,25,32H,9-12H2,1H3. The number of fused-ring (bicyclic) bond motifs is 1. The van der Waals surface area contributed by atoms with E-state index in [1.165, 1.54) is 29.1 Å². The molecule has 0 spiro atoms. The number of hydrogen-bond acceptors (Lipinski definition) is 6. The summed E-state index contributed by atoms with van der Waals surface area (Å²) in [6.07, 6.45) is 0.328. The molecule has 168 valence electrons. The fraction of sp³-hybridized carbons (Fsp3) is 0.240. The smallest absolute Gasteiger partial charge is 0.250 e. The van der Waals surface area contributed by atoms with Gasteiger partial charge in [0.25, 0.3) is 5.56 Å². The van der Waals surface area contributed by atoms with Gasteiger partial charge in [0.15, 0.2) is 0 Å². The number of halogens is 1. The first-order valence-electron chi connectivity index (χ1n) is 10.7. The second-order valence-electron chi connectivity index (χ2n) is 8.01. The van der Waals surface area contributed by atoms with E-state index in [4.69, 9.17) is 4.74 Å². The van der Waals surface area contributed by atoms with Crippen molar-refractivity contribution in [1.82, 2.24) is 14.5 Å². The molecule has 1 unspecified atom stereocenters. The molecule has 2 aromatic carbocycles. The number of rotatable bonds is 4. The van der Waals surface area contributed by atoms with Crippen molar-refractivity contribution in [3.05, 3.63) is 88.4 Å². The maximum Gasteiger partial charge on any atom is 0.250 e. The summed E-state index contributed by atoms with van der Waals surface area (Å²) in [5.74, 6) is -0.454. The molecule has 33 heavy (non-hydrogen) atoms. The Morgan fingerprint density at radius 3 is 2.70 bits per heavy atom. The van der Waals surface area contributed by atoms with Gasteiger partial charge in [-0.2, -0.15) is 0 Å². The Balaban J connectivity index is 1.57. The molecule has 0 amide bonds. The average molecular weight is 446 g/mol. The molecule has 7 nitrogen and oxygen atoms in total. The molecule has 3 heterocycles. The fourth-order valence-electron chi connectivity index (χ4n) is 4.20. The zero-order chi connectivity index (χ0) is 22.9. The van der Waals surface area contributed by atoms with Crippen molar-refractivity contribution in [2.75, 3.05) is 31.2 Å². The minimum atomic E-state index is -1.09. The third-order valence-corrected chi connectivity index (χ3v) is 6.06. The van der Waals surface area contributed by atoms with Crippen molar-refractivity contribution in [1.29, 1.82) is 0 Å². The van der Waals surface area contributed by atoms with Gasteiger partial charge in [-0.1, -0.05) is 12.1 Å². The van der Waals surface area contributed by atoms with Crippen LogP contribution in [0.25, 0.3) is 22.2 Å². The molecule has 0 saturated carbocycles. The third-order valence-electron chi connectivity index (χ3n) is 6.06. The van der Waals surface area contributed by atoms with Crippen molar-refractivity contribution >= 4 is 16.6 Å². The molecule has 1 aliphatic heterocycles. The van der Waals surface area contributed by atoms with Crippen molar-refractivity contribution in [3.8, 4) is 11.3 Å². The van der Waals surface area contributed by atoms with Gasteiger partial charge in [0.05, 0.1) is 30.1 Å². The lowest BCUT2D eigenvalue weighted by molar-refractivity contribution is 0.122. The number of aliphatic hydroxyl groups is 1. The number of hydrogen-bond donors (Lipinski definition) is 1. The summed E-state index contributed by atoms with van der Waals surface area (Å²) in [4.78, 5) is 23.0. The first-order valence-corrected chi connectivity index (χ1v) is 10.7. The van der Waals surface area contributed by atoms with E-state index in [1.54, 1.807) is 25.2 Å². The van der Waals surface area contributed by atoms with Crippen LogP contribution in [-0.2, 0) is 11.8 Å². The topological polar surface area (TPSA) is 80.5 Å². The number of benzene rings is 2. The Labute approximate surface area is 189 Å². The van der Waals surface area contributed by atoms with Crippen LogP contribution in [0.5, 0.6) is 0 Å². The summed E-state index contributed by atoms with van der Waals surface area (Å²) in [5.41, 5.74) is 3.10. The van der Waals surface area contributed by atoms with Crippen LogP contribution in [0.15, 0.2) is 65.7 Å². The summed E-state index contributed by atoms with van der Waals surface area (Å²) < 4.78 is 21.7. The Morgan fingerprint density at radius 2 is 1.88 bits per heavy atom. The van der Waals surface area contributed by atoms with Gasteiger partial charge in [-0.3, -0.25) is 4.79 Å². The Kier molecular flexibility index (Phi) is 5.62. The molecule has 0 bridgehead atoms. The first-order chi connectivity index (χ1) is 16.0. The predicted octanol–water partition coefficient (Wildman–Crippen LogP) is 3.05. The lowest BCUT2D eigenvalue weighted by Gasteiger charge is -2.29. The van der Waals surface area contributed by atoms with E-state index in [-0.39, 0.29) is 11.1 Å². The average Bonchev–Trinajstić information content (AvgIpc) is 2.85. The quantitative estimate of drug-likeness (QED) is 0.519. The molecule has 2 aromatic heterocycles. The predicted molar refractivity (Wildman–Crippen MR) is 124 cm³/mol. The van der Waals surface area contributed by atoms with E-state index in [9.17, 15) is 14.3 Å². The number of morpholine rings is 1. The maximum atomic E-state index is 14.9. The van der Waals surface area contributed by atoms with Crippen molar-refractivity contribution in [2.24, 2.45) is 7.05 Å². The molecular weight excluding hydrogens is 423 g/mol. The van der Waals surface area contributed by atoms with Gasteiger partial charge >= 0.3 is 0 Å². The zero-order valence-corrected chi connectivity index (χ0v) is 18.1. The van der Waals surface area contributed by atoms with E-state index in [1.807, 2.05) is 18.2 Å². The molecule has 1 atom stereocenters. The second kappa shape index (κ2) is 8.73. The number of anilines is 1. The van der Waals surface area contributed by atoms with Gasteiger partial charge in [-0.05, 0) is 42.0 Å². The SMILES string of the molecule is Cn1c(C(O)c2ccc(F)c(-c3ncnc4cc(N5CCOCC5)ccc34)c2)cccc1=O. The number of ether oxygens (including phenoxy) is 1. The summed E-state index contributed by atoms with van der Waals surface area (Å²) in [6, 6.07) is 14.9. The summed E-state index contributed by atoms with van der Waals surface area (Å²) in [7, 11) is 1.59. The molecule has 1 N–H and O–H groups in total. The lowest BCUT2D eigenvalue weighted by Crippen LogP contribution is -2.36. The van der Waals surface area contributed by atoms with Gasteiger partial charge in [-0.15, -0.1) is 0 Å². The molecule has 8 heteroatoms. The Morgan fingerprint density at radius 1 is 1.06 bits per heavy atom. The van der Waals surface area contributed by atoms with Gasteiger partial charge in [-0.25, -0.2) is 14.4 Å². The molecule has 1 saturated heterocycles. The van der Waals surface area contributed by atoms with E-state index >= 15 is 0 Å². The van der Waals surface area contributed by atoms with Gasteiger partial charge in [0.2, 0.25) is 0 Å². The number of pyridine rings is 1. The van der Waals surface area contributed by atoms with E-state index < -0.39 is 11.9 Å². The van der Waals surface area contributed by atoms with Gasteiger partial charge < -0.3 is 19.3 Å². The second-order valence-corrected chi connectivity index (χ2v) is 8.01. The molecule has 5 rings (SSSR count). The number of nitrogens with zero attached hydrogens (tertiary/aromatic N) is 4. The first kappa shape index (κ1) is 21.2. The van der Waals surface area contributed by atoms with E-state index in [0.29, 0.717) is 41.1 Å². The highest BCUT2D eigenvalue weighted by Crippen LogP contribution is 2.32. The molecule has 1 fully saturated rings. The lowest BCUT2D eigenvalue weighted by atomic mass is 9.99. The summed E-state index contributed by atoms with van der Waals surface area (Å²) in [6.45, 7) is 2.97. The minimum absolute atomic E-state index is 0.230. The van der Waals surface area contributed by atoms with Crippen LogP contribution in [-0.4, -0.2) is 45.9 Å². The van der Waals surface area contributed by atoms with Crippen LogP contribution in [0.4, 0.5) is 10.1 Å². The van der Waals surface area contributed by atoms with Gasteiger partial charge in [0.1, 0.15) is 18.2 Å². The van der Waals surface area contributed by atoms with Gasteiger partial charge in [0, 0.05) is 42.8 Å². The number of aliphatic hydroxyl groups excluding tert-OH is 1. The third kappa shape index (κ3) is 3.99. The van der Waals surface area contributed by atoms with Crippen LogP contribution < -0.4 is 10.5 Å². The molecule has 4 aromatic rings. The molecule has 0 radical (unpaired) electrons. The summed E-state index contributed by atoms with van der Waals surface area (Å²) in [5, 5.41) is 11.6. The summed E-state index contributed by atoms with van der Waals surface area (Å²) >= 11 is 0. The normalized spacial score (nSPS) is 15.1. The van der Waals surface area contributed by atoms with Crippen molar-refractivity contribution in [3.63, 3.8) is 0 Å². The Hall–Kier alpha value is -3.62. The highest BCUT2D eigenvalue weighted by Gasteiger charge is 2.19. The van der Waals surface area contributed by atoms with Crippen molar-refractivity contribution in [2.45, 2.75) is 6.10 Å². The minimum Gasteiger partial charge on any atom is -0.382 e. The molecule has 0 aliphatic carbocycles. The van der Waals surface area contributed by atoms with Crippen LogP contribution in [0.1, 0.15) is 17.4 Å². The monoisotopic (exact) mass is 446 g/mol. The molecular formula is C25H23FN4O3. The number of aromatic nitrogens is 3.